The summed E-state index contributed by atoms with van der Waals surface area (Å²) < 4.78 is 10.5. The summed E-state index contributed by atoms with van der Waals surface area (Å²) in [6, 6.07) is 1.52. The molecule has 0 fully saturated rings. The molecule has 6 heteroatoms. The van der Waals surface area contributed by atoms with E-state index in [4.69, 9.17) is 20.9 Å². The fraction of sp³-hybridized carbons (Fsp3) is 0.556. The molecule has 0 unspecified atom stereocenters. The first-order valence-corrected chi connectivity index (χ1v) is 4.83. The van der Waals surface area contributed by atoms with Gasteiger partial charge >= 0.3 is 0 Å². The van der Waals surface area contributed by atoms with E-state index in [1.54, 1.807) is 0 Å². The second-order valence-electron chi connectivity index (χ2n) is 2.95. The van der Waals surface area contributed by atoms with Crippen molar-refractivity contribution >= 4 is 11.8 Å². The van der Waals surface area contributed by atoms with Crippen LogP contribution in [0.3, 0.4) is 0 Å². The Morgan fingerprint density at radius 1 is 1.20 bits per heavy atom. The van der Waals surface area contributed by atoms with Gasteiger partial charge in [-0.3, -0.25) is 0 Å². The number of anilines is 2. The quantitative estimate of drug-likeness (QED) is 0.664. The summed E-state index contributed by atoms with van der Waals surface area (Å²) >= 11 is 0. The van der Waals surface area contributed by atoms with E-state index in [0.29, 0.717) is 24.9 Å². The molecular weight excluding hydrogens is 196 g/mol. The van der Waals surface area contributed by atoms with Gasteiger partial charge in [-0.1, -0.05) is 6.92 Å². The largest absolute Gasteiger partial charge is 0.475 e. The standard InChI is InChI=1S/C9H16N4O2/c1-2-3-14-4-5-15-8-6-7(10)12-9(11)13-8/h6H,2-5H2,1H3,(H4,10,11,12,13). The molecule has 0 bridgehead atoms. The van der Waals surface area contributed by atoms with Crippen LogP contribution in [0.5, 0.6) is 5.88 Å². The van der Waals surface area contributed by atoms with E-state index in [9.17, 15) is 0 Å². The summed E-state index contributed by atoms with van der Waals surface area (Å²) in [4.78, 5) is 7.59. The Bertz CT molecular complexity index is 286. The zero-order chi connectivity index (χ0) is 11.1. The molecule has 1 aromatic heterocycles. The highest BCUT2D eigenvalue weighted by Crippen LogP contribution is 2.11. The van der Waals surface area contributed by atoms with Gasteiger partial charge in [0.2, 0.25) is 11.8 Å². The molecule has 1 rings (SSSR count). The molecule has 0 aliphatic carbocycles. The fourth-order valence-corrected chi connectivity index (χ4v) is 0.987. The van der Waals surface area contributed by atoms with Crippen molar-refractivity contribution in [3.63, 3.8) is 0 Å². The zero-order valence-corrected chi connectivity index (χ0v) is 8.77. The highest BCUT2D eigenvalue weighted by molar-refractivity contribution is 5.38. The molecule has 0 atom stereocenters. The average Bonchev–Trinajstić information content (AvgIpc) is 2.16. The van der Waals surface area contributed by atoms with Crippen LogP contribution in [0.1, 0.15) is 13.3 Å². The number of hydrogen-bond acceptors (Lipinski definition) is 6. The molecule has 1 aromatic rings. The normalized spacial score (nSPS) is 10.2. The van der Waals surface area contributed by atoms with Crippen LogP contribution in [-0.4, -0.2) is 29.8 Å². The maximum atomic E-state index is 5.47. The SMILES string of the molecule is CCCOCCOc1cc(N)nc(N)n1. The van der Waals surface area contributed by atoms with Crippen molar-refractivity contribution in [2.75, 3.05) is 31.3 Å². The van der Waals surface area contributed by atoms with Gasteiger partial charge in [0.25, 0.3) is 0 Å². The highest BCUT2D eigenvalue weighted by Gasteiger charge is 2.00. The molecule has 0 spiro atoms. The minimum absolute atomic E-state index is 0.111. The van der Waals surface area contributed by atoms with Gasteiger partial charge in [-0.25, -0.2) is 0 Å². The van der Waals surface area contributed by atoms with Gasteiger partial charge in [0, 0.05) is 12.7 Å². The van der Waals surface area contributed by atoms with E-state index >= 15 is 0 Å². The predicted octanol–water partition coefficient (Wildman–Crippen LogP) is 0.446. The summed E-state index contributed by atoms with van der Waals surface area (Å²) in [5, 5.41) is 0. The Morgan fingerprint density at radius 2 is 2.00 bits per heavy atom. The number of nitrogens with zero attached hydrogens (tertiary/aromatic N) is 2. The molecule has 1 heterocycles. The lowest BCUT2D eigenvalue weighted by Crippen LogP contribution is -2.09. The first kappa shape index (κ1) is 11.5. The molecule has 0 aliphatic heterocycles. The van der Waals surface area contributed by atoms with Crippen molar-refractivity contribution in [2.45, 2.75) is 13.3 Å². The van der Waals surface area contributed by atoms with E-state index < -0.39 is 0 Å². The molecule has 0 amide bonds. The number of nitrogens with two attached hydrogens (primary N) is 2. The molecule has 0 aromatic carbocycles. The second kappa shape index (κ2) is 6.02. The third-order valence-corrected chi connectivity index (χ3v) is 1.57. The minimum Gasteiger partial charge on any atom is -0.475 e. The van der Waals surface area contributed by atoms with E-state index in [0.717, 1.165) is 13.0 Å². The Kier molecular flexibility index (Phi) is 4.62. The number of hydrogen-bond donors (Lipinski definition) is 2. The first-order chi connectivity index (χ1) is 7.22. The van der Waals surface area contributed by atoms with Crippen LogP contribution in [0.15, 0.2) is 6.07 Å². The van der Waals surface area contributed by atoms with E-state index in [1.807, 2.05) is 6.92 Å². The molecule has 0 aliphatic rings. The molecule has 15 heavy (non-hydrogen) atoms. The topological polar surface area (TPSA) is 96.3 Å². The summed E-state index contributed by atoms with van der Waals surface area (Å²) in [5.74, 6) is 0.784. The van der Waals surface area contributed by atoms with Crippen molar-refractivity contribution in [3.8, 4) is 5.88 Å². The molecule has 0 saturated heterocycles. The van der Waals surface area contributed by atoms with Crippen molar-refractivity contribution < 1.29 is 9.47 Å². The Labute approximate surface area is 88.6 Å². The summed E-state index contributed by atoms with van der Waals surface area (Å²) in [5.41, 5.74) is 10.9. The van der Waals surface area contributed by atoms with Crippen LogP contribution >= 0.6 is 0 Å². The Morgan fingerprint density at radius 3 is 2.67 bits per heavy atom. The van der Waals surface area contributed by atoms with Gasteiger partial charge in [0.15, 0.2) is 0 Å². The van der Waals surface area contributed by atoms with Crippen LogP contribution in [-0.2, 0) is 4.74 Å². The molecule has 84 valence electrons. The van der Waals surface area contributed by atoms with E-state index in [-0.39, 0.29) is 5.95 Å². The lowest BCUT2D eigenvalue weighted by Gasteiger charge is -2.06. The van der Waals surface area contributed by atoms with Crippen LogP contribution in [0, 0.1) is 0 Å². The minimum atomic E-state index is 0.111. The van der Waals surface area contributed by atoms with Crippen molar-refractivity contribution in [2.24, 2.45) is 0 Å². The maximum absolute atomic E-state index is 5.47. The van der Waals surface area contributed by atoms with Gasteiger partial charge in [0.05, 0.1) is 6.61 Å². The first-order valence-electron chi connectivity index (χ1n) is 4.83. The average molecular weight is 212 g/mol. The molecular formula is C9H16N4O2. The van der Waals surface area contributed by atoms with Crippen LogP contribution < -0.4 is 16.2 Å². The molecule has 0 radical (unpaired) electrons. The lowest BCUT2D eigenvalue weighted by atomic mass is 10.5. The van der Waals surface area contributed by atoms with E-state index in [1.165, 1.54) is 6.07 Å². The molecule has 0 saturated carbocycles. The van der Waals surface area contributed by atoms with Gasteiger partial charge in [0.1, 0.15) is 12.4 Å². The van der Waals surface area contributed by atoms with Gasteiger partial charge in [-0.15, -0.1) is 0 Å². The number of rotatable bonds is 6. The smallest absolute Gasteiger partial charge is 0.225 e. The van der Waals surface area contributed by atoms with Crippen molar-refractivity contribution in [3.05, 3.63) is 6.07 Å². The van der Waals surface area contributed by atoms with Crippen LogP contribution in [0.2, 0.25) is 0 Å². The van der Waals surface area contributed by atoms with Crippen LogP contribution in [0.4, 0.5) is 11.8 Å². The second-order valence-corrected chi connectivity index (χ2v) is 2.95. The lowest BCUT2D eigenvalue weighted by molar-refractivity contribution is 0.0990. The third kappa shape index (κ3) is 4.46. The summed E-state index contributed by atoms with van der Waals surface area (Å²) in [7, 11) is 0. The van der Waals surface area contributed by atoms with Crippen molar-refractivity contribution in [1.29, 1.82) is 0 Å². The molecule has 6 nitrogen and oxygen atoms in total. The zero-order valence-electron chi connectivity index (χ0n) is 8.77. The van der Waals surface area contributed by atoms with Crippen LogP contribution in [0.25, 0.3) is 0 Å². The van der Waals surface area contributed by atoms with Gasteiger partial charge < -0.3 is 20.9 Å². The predicted molar refractivity (Wildman–Crippen MR) is 57.5 cm³/mol. The summed E-state index contributed by atoms with van der Waals surface area (Å²) in [6.45, 7) is 3.73. The van der Waals surface area contributed by atoms with E-state index in [2.05, 4.69) is 9.97 Å². The number of ether oxygens (including phenoxy) is 2. The van der Waals surface area contributed by atoms with Gasteiger partial charge in [-0.2, -0.15) is 9.97 Å². The number of nitrogen functional groups attached to an aromatic ring is 2. The molecule has 4 N–H and O–H groups in total. The summed E-state index contributed by atoms with van der Waals surface area (Å²) in [6.07, 6.45) is 0.993. The fourth-order valence-electron chi connectivity index (χ4n) is 0.987. The van der Waals surface area contributed by atoms with Crippen molar-refractivity contribution in [1.82, 2.24) is 9.97 Å². The highest BCUT2D eigenvalue weighted by atomic mass is 16.5. The number of aromatic nitrogens is 2. The Hall–Kier alpha value is -1.56. The van der Waals surface area contributed by atoms with Gasteiger partial charge in [-0.05, 0) is 6.42 Å². The maximum Gasteiger partial charge on any atom is 0.225 e. The monoisotopic (exact) mass is 212 g/mol. The Balaban J connectivity index is 2.31. The third-order valence-electron chi connectivity index (χ3n) is 1.57.